The van der Waals surface area contributed by atoms with Gasteiger partial charge in [-0.2, -0.15) is 0 Å². The van der Waals surface area contributed by atoms with Crippen molar-refractivity contribution in [2.45, 2.75) is 11.5 Å². The molecule has 1 aromatic heterocycles. The van der Waals surface area contributed by atoms with E-state index in [1.807, 2.05) is 48.7 Å². The van der Waals surface area contributed by atoms with E-state index in [0.717, 1.165) is 32.8 Å². The van der Waals surface area contributed by atoms with Gasteiger partial charge in [0.25, 0.3) is 0 Å². The molecule has 0 spiro atoms. The average Bonchev–Trinajstić information content (AvgIpc) is 2.55. The van der Waals surface area contributed by atoms with E-state index >= 15 is 0 Å². The summed E-state index contributed by atoms with van der Waals surface area (Å²) < 4.78 is 5.96. The molecule has 3 nitrogen and oxygen atoms in total. The van der Waals surface area contributed by atoms with E-state index in [2.05, 4.69) is 11.1 Å². The van der Waals surface area contributed by atoms with Gasteiger partial charge in [0.2, 0.25) is 0 Å². The summed E-state index contributed by atoms with van der Waals surface area (Å²) in [5.41, 5.74) is 8.68. The van der Waals surface area contributed by atoms with Gasteiger partial charge in [-0.05, 0) is 36.6 Å². The fraction of sp³-hybridized carbons (Fsp3) is 0.118. The van der Waals surface area contributed by atoms with E-state index in [1.54, 1.807) is 18.0 Å². The normalized spacial score (nSPS) is 10.7. The number of nitrogens with two attached hydrogens (primary N) is 1. The number of nitrogen functional groups attached to an aromatic ring is 1. The van der Waals surface area contributed by atoms with Crippen molar-refractivity contribution in [3.63, 3.8) is 0 Å². The molecule has 2 aromatic carbocycles. The third-order valence-corrected chi connectivity index (χ3v) is 4.12. The first-order valence-corrected chi connectivity index (χ1v) is 7.90. The minimum Gasteiger partial charge on any atom is -0.488 e. The van der Waals surface area contributed by atoms with Crippen LogP contribution in [0.2, 0.25) is 0 Å². The van der Waals surface area contributed by atoms with Crippen molar-refractivity contribution in [3.05, 3.63) is 60.3 Å². The number of aromatic nitrogens is 1. The third-order valence-electron chi connectivity index (χ3n) is 3.34. The number of para-hydroxylation sites is 1. The molecule has 0 fully saturated rings. The second-order valence-corrected chi connectivity index (χ2v) is 5.50. The van der Waals surface area contributed by atoms with Gasteiger partial charge >= 0.3 is 0 Å². The van der Waals surface area contributed by atoms with Crippen LogP contribution in [-0.2, 0) is 6.61 Å². The highest BCUT2D eigenvalue weighted by Gasteiger charge is 2.07. The minimum absolute atomic E-state index is 0.478. The number of nitrogens with zero attached hydrogens (tertiary/aromatic N) is 1. The van der Waals surface area contributed by atoms with Crippen LogP contribution in [-0.4, -0.2) is 11.2 Å². The molecule has 3 rings (SSSR count). The molecule has 0 bridgehead atoms. The van der Waals surface area contributed by atoms with Gasteiger partial charge in [-0.25, -0.2) is 0 Å². The molecule has 21 heavy (non-hydrogen) atoms. The maximum absolute atomic E-state index is 5.99. The van der Waals surface area contributed by atoms with Gasteiger partial charge in [-0.15, -0.1) is 11.8 Å². The molecule has 0 unspecified atom stereocenters. The van der Waals surface area contributed by atoms with Gasteiger partial charge < -0.3 is 10.5 Å². The smallest absolute Gasteiger partial charge is 0.133 e. The lowest BCUT2D eigenvalue weighted by Gasteiger charge is -2.12. The molecule has 0 aliphatic heterocycles. The van der Waals surface area contributed by atoms with Gasteiger partial charge in [-0.1, -0.05) is 18.2 Å². The summed E-state index contributed by atoms with van der Waals surface area (Å²) in [7, 11) is 0. The Morgan fingerprint density at radius 3 is 2.81 bits per heavy atom. The zero-order valence-corrected chi connectivity index (χ0v) is 12.6. The van der Waals surface area contributed by atoms with Crippen molar-refractivity contribution < 1.29 is 4.74 Å². The molecule has 0 saturated heterocycles. The molecular formula is C17H16N2OS. The first-order valence-electron chi connectivity index (χ1n) is 6.67. The van der Waals surface area contributed by atoms with Crippen molar-refractivity contribution in [2.75, 3.05) is 12.0 Å². The van der Waals surface area contributed by atoms with Crippen LogP contribution in [0.3, 0.4) is 0 Å². The zero-order chi connectivity index (χ0) is 14.7. The molecule has 106 valence electrons. The highest BCUT2D eigenvalue weighted by Crippen LogP contribution is 2.29. The number of thioether (sulfide) groups is 1. The lowest BCUT2D eigenvalue weighted by Crippen LogP contribution is -2.00. The Bertz CT molecular complexity index is 774. The van der Waals surface area contributed by atoms with Crippen LogP contribution in [0.15, 0.2) is 59.6 Å². The van der Waals surface area contributed by atoms with Crippen molar-refractivity contribution in [1.29, 1.82) is 0 Å². The van der Waals surface area contributed by atoms with E-state index in [9.17, 15) is 0 Å². The van der Waals surface area contributed by atoms with E-state index in [0.29, 0.717) is 6.61 Å². The summed E-state index contributed by atoms with van der Waals surface area (Å²) in [5.74, 6) is 0.894. The second kappa shape index (κ2) is 6.06. The number of anilines is 1. The summed E-state index contributed by atoms with van der Waals surface area (Å²) >= 11 is 1.68. The van der Waals surface area contributed by atoms with Crippen molar-refractivity contribution in [3.8, 4) is 5.75 Å². The third kappa shape index (κ3) is 2.81. The lowest BCUT2D eigenvalue weighted by molar-refractivity contribution is 0.300. The number of rotatable bonds is 4. The number of pyridine rings is 1. The van der Waals surface area contributed by atoms with Crippen LogP contribution in [0.4, 0.5) is 5.69 Å². The fourth-order valence-corrected chi connectivity index (χ4v) is 2.81. The minimum atomic E-state index is 0.478. The van der Waals surface area contributed by atoms with Crippen LogP contribution in [0, 0.1) is 0 Å². The monoisotopic (exact) mass is 296 g/mol. The molecule has 0 atom stereocenters. The predicted octanol–water partition coefficient (Wildman–Crippen LogP) is 4.12. The number of benzene rings is 2. The van der Waals surface area contributed by atoms with Gasteiger partial charge in [0, 0.05) is 27.7 Å². The fourth-order valence-electron chi connectivity index (χ4n) is 2.26. The number of fused-ring (bicyclic) bond motifs is 1. The van der Waals surface area contributed by atoms with Crippen molar-refractivity contribution >= 4 is 28.4 Å². The van der Waals surface area contributed by atoms with Crippen molar-refractivity contribution in [2.24, 2.45) is 0 Å². The second-order valence-electron chi connectivity index (χ2n) is 4.65. The highest BCUT2D eigenvalue weighted by atomic mass is 32.2. The van der Waals surface area contributed by atoms with Gasteiger partial charge in [0.15, 0.2) is 0 Å². The van der Waals surface area contributed by atoms with E-state index in [4.69, 9.17) is 10.5 Å². The first-order chi connectivity index (χ1) is 10.3. The van der Waals surface area contributed by atoms with Crippen LogP contribution in [0.5, 0.6) is 5.75 Å². The maximum atomic E-state index is 5.99. The molecule has 0 aliphatic carbocycles. The molecule has 0 radical (unpaired) electrons. The summed E-state index contributed by atoms with van der Waals surface area (Å²) in [4.78, 5) is 5.56. The Morgan fingerprint density at radius 2 is 1.95 bits per heavy atom. The van der Waals surface area contributed by atoms with Gasteiger partial charge in [0.1, 0.15) is 12.4 Å². The summed E-state index contributed by atoms with van der Waals surface area (Å²) in [5, 5.41) is 0.969. The SMILES string of the molecule is CSc1ccccc1OCc1ccc(N)c2cccnc12. The van der Waals surface area contributed by atoms with Crippen LogP contribution < -0.4 is 10.5 Å². The molecule has 0 saturated carbocycles. The van der Waals surface area contributed by atoms with Crippen LogP contribution in [0.25, 0.3) is 10.9 Å². The molecule has 2 N–H and O–H groups in total. The Hall–Kier alpha value is -2.20. The van der Waals surface area contributed by atoms with E-state index in [1.165, 1.54) is 0 Å². The number of ether oxygens (including phenoxy) is 1. The predicted molar refractivity (Wildman–Crippen MR) is 88.7 cm³/mol. The summed E-state index contributed by atoms with van der Waals surface area (Å²) in [6.45, 7) is 0.478. The largest absolute Gasteiger partial charge is 0.488 e. The molecule has 0 amide bonds. The first kappa shape index (κ1) is 13.8. The number of hydrogen-bond donors (Lipinski definition) is 1. The molecule has 3 aromatic rings. The maximum Gasteiger partial charge on any atom is 0.133 e. The Labute approximate surface area is 128 Å². The quantitative estimate of drug-likeness (QED) is 0.581. The van der Waals surface area contributed by atoms with Gasteiger partial charge in [0.05, 0.1) is 5.52 Å². The zero-order valence-electron chi connectivity index (χ0n) is 11.7. The van der Waals surface area contributed by atoms with Crippen LogP contribution >= 0.6 is 11.8 Å². The lowest BCUT2D eigenvalue weighted by atomic mass is 10.1. The van der Waals surface area contributed by atoms with E-state index in [-0.39, 0.29) is 0 Å². The topological polar surface area (TPSA) is 48.1 Å². The molecule has 4 heteroatoms. The average molecular weight is 296 g/mol. The number of hydrogen-bond acceptors (Lipinski definition) is 4. The van der Waals surface area contributed by atoms with E-state index < -0.39 is 0 Å². The summed E-state index contributed by atoms with van der Waals surface area (Å²) in [6.07, 6.45) is 3.82. The molecule has 0 aliphatic rings. The molecule has 1 heterocycles. The Balaban J connectivity index is 1.91. The van der Waals surface area contributed by atoms with Crippen LogP contribution in [0.1, 0.15) is 5.56 Å². The highest BCUT2D eigenvalue weighted by molar-refractivity contribution is 7.98. The standard InChI is InChI=1S/C17H16N2OS/c1-21-16-7-3-2-6-15(16)20-11-12-8-9-14(18)13-5-4-10-19-17(12)13/h2-10H,11,18H2,1H3. The molecular weight excluding hydrogens is 280 g/mol. The Kier molecular flexibility index (Phi) is 3.97. The van der Waals surface area contributed by atoms with Crippen molar-refractivity contribution in [1.82, 2.24) is 4.98 Å². The van der Waals surface area contributed by atoms with Gasteiger partial charge in [-0.3, -0.25) is 4.98 Å². The Morgan fingerprint density at radius 1 is 1.10 bits per heavy atom. The summed E-state index contributed by atoms with van der Waals surface area (Å²) in [6, 6.07) is 15.8.